The zero-order valence-electron chi connectivity index (χ0n) is 5.37. The molecule has 0 spiro atoms. The molecule has 1 amide bonds. The molecule has 0 unspecified atom stereocenters. The number of hydrogen-bond donors (Lipinski definition) is 1. The van der Waals surface area contributed by atoms with Gasteiger partial charge >= 0.3 is 0 Å². The minimum Gasteiger partial charge on any atom is -0.336 e. The van der Waals surface area contributed by atoms with Crippen LogP contribution in [-0.4, -0.2) is 11.9 Å². The molecule has 0 aromatic rings. The molecule has 0 saturated heterocycles. The van der Waals surface area contributed by atoms with Crippen LogP contribution in [0.25, 0.3) is 0 Å². The third kappa shape index (κ3) is 1.49. The largest absolute Gasteiger partial charge is 0.336 e. The van der Waals surface area contributed by atoms with Crippen LogP contribution in [0.4, 0.5) is 0 Å². The lowest BCUT2D eigenvalue weighted by Gasteiger charge is -2.02. The van der Waals surface area contributed by atoms with Crippen molar-refractivity contribution in [2.75, 3.05) is 0 Å². The first-order valence-electron chi connectivity index (χ1n) is 2.95. The van der Waals surface area contributed by atoms with Crippen molar-refractivity contribution >= 4 is 5.91 Å². The zero-order chi connectivity index (χ0) is 7.40. The van der Waals surface area contributed by atoms with Crippen LogP contribution in [0.3, 0.4) is 0 Å². The Morgan fingerprint density at radius 3 is 2.60 bits per heavy atom. The third-order valence-corrected chi connectivity index (χ3v) is 1.18. The Hall–Kier alpha value is -1.49. The molecule has 0 aliphatic heterocycles. The molecule has 50 valence electrons. The number of rotatable bonds is 1. The highest BCUT2D eigenvalue weighted by molar-refractivity contribution is 5.93. The molecule has 1 aliphatic rings. The summed E-state index contributed by atoms with van der Waals surface area (Å²) in [7, 11) is 0. The second-order valence-electron chi connectivity index (χ2n) is 1.91. The van der Waals surface area contributed by atoms with Gasteiger partial charge in [0.25, 0.3) is 5.91 Å². The number of nitrogens with one attached hydrogen (secondary N) is 1. The predicted octanol–water partition coefficient (Wildman–Crippen LogP) is 0.230. The maximum atomic E-state index is 10.6. The zero-order valence-corrected chi connectivity index (χ0v) is 5.37. The standard InChI is InChI=1S/C8H7NO/c1-2-8(10)9-7-5-3-4-6-7/h1,3-7H,(H,9,10). The van der Waals surface area contributed by atoms with Gasteiger partial charge in [-0.05, 0) is 5.92 Å². The fourth-order valence-corrected chi connectivity index (χ4v) is 0.721. The van der Waals surface area contributed by atoms with Crippen LogP contribution in [0.5, 0.6) is 0 Å². The van der Waals surface area contributed by atoms with Crippen LogP contribution in [0, 0.1) is 12.3 Å². The number of terminal acetylenes is 1. The van der Waals surface area contributed by atoms with E-state index in [1.165, 1.54) is 0 Å². The quantitative estimate of drug-likeness (QED) is 0.510. The van der Waals surface area contributed by atoms with Gasteiger partial charge in [0.05, 0.1) is 6.04 Å². The molecule has 1 rings (SSSR count). The minimum absolute atomic E-state index is 0.0106. The van der Waals surface area contributed by atoms with Crippen molar-refractivity contribution in [3.8, 4) is 12.3 Å². The van der Waals surface area contributed by atoms with Gasteiger partial charge in [0.2, 0.25) is 0 Å². The van der Waals surface area contributed by atoms with Crippen LogP contribution in [-0.2, 0) is 4.79 Å². The molecular formula is C8H7NO. The van der Waals surface area contributed by atoms with E-state index in [9.17, 15) is 4.79 Å². The molecular weight excluding hydrogens is 126 g/mol. The Bertz CT molecular complexity index is 220. The van der Waals surface area contributed by atoms with Gasteiger partial charge in [-0.15, -0.1) is 6.42 Å². The number of carbonyl (C=O) groups excluding carboxylic acids is 1. The van der Waals surface area contributed by atoms with E-state index in [2.05, 4.69) is 5.32 Å². The molecule has 0 heterocycles. The van der Waals surface area contributed by atoms with Crippen LogP contribution < -0.4 is 5.32 Å². The maximum Gasteiger partial charge on any atom is 0.296 e. The van der Waals surface area contributed by atoms with E-state index in [0.717, 1.165) is 0 Å². The molecule has 0 atom stereocenters. The fourth-order valence-electron chi connectivity index (χ4n) is 0.721. The number of amides is 1. The van der Waals surface area contributed by atoms with Crippen molar-refractivity contribution in [1.29, 1.82) is 0 Å². The summed E-state index contributed by atoms with van der Waals surface area (Å²) >= 11 is 0. The fraction of sp³-hybridized carbons (Fsp3) is 0.125. The molecule has 0 radical (unpaired) electrons. The summed E-state index contributed by atoms with van der Waals surface area (Å²) in [6.45, 7) is 0. The van der Waals surface area contributed by atoms with Gasteiger partial charge in [-0.1, -0.05) is 24.3 Å². The van der Waals surface area contributed by atoms with Gasteiger partial charge in [-0.2, -0.15) is 0 Å². The summed E-state index contributed by atoms with van der Waals surface area (Å²) < 4.78 is 0. The van der Waals surface area contributed by atoms with E-state index in [1.54, 1.807) is 0 Å². The van der Waals surface area contributed by atoms with E-state index in [0.29, 0.717) is 0 Å². The number of hydrogen-bond acceptors (Lipinski definition) is 1. The van der Waals surface area contributed by atoms with Gasteiger partial charge in [-0.25, -0.2) is 0 Å². The number of allylic oxidation sites excluding steroid dienone is 2. The van der Waals surface area contributed by atoms with Crippen molar-refractivity contribution in [3.05, 3.63) is 24.3 Å². The second-order valence-corrected chi connectivity index (χ2v) is 1.91. The van der Waals surface area contributed by atoms with Crippen LogP contribution in [0.1, 0.15) is 0 Å². The van der Waals surface area contributed by atoms with Crippen molar-refractivity contribution in [1.82, 2.24) is 5.32 Å². The first-order valence-corrected chi connectivity index (χ1v) is 2.95. The molecule has 1 N–H and O–H groups in total. The summed E-state index contributed by atoms with van der Waals surface area (Å²) in [5.41, 5.74) is 0. The van der Waals surface area contributed by atoms with Crippen LogP contribution in [0.15, 0.2) is 24.3 Å². The summed E-state index contributed by atoms with van der Waals surface area (Å²) in [5, 5.41) is 2.58. The monoisotopic (exact) mass is 133 g/mol. The first kappa shape index (κ1) is 6.63. The molecule has 0 aromatic heterocycles. The highest BCUT2D eigenvalue weighted by atomic mass is 16.1. The molecule has 0 fully saturated rings. The van der Waals surface area contributed by atoms with E-state index < -0.39 is 0 Å². The number of carbonyl (C=O) groups is 1. The smallest absolute Gasteiger partial charge is 0.296 e. The lowest BCUT2D eigenvalue weighted by atomic mass is 10.3. The molecule has 10 heavy (non-hydrogen) atoms. The Kier molecular flexibility index (Phi) is 1.91. The van der Waals surface area contributed by atoms with Crippen LogP contribution in [0.2, 0.25) is 0 Å². The average molecular weight is 133 g/mol. The van der Waals surface area contributed by atoms with Gasteiger partial charge in [0.1, 0.15) is 0 Å². The third-order valence-electron chi connectivity index (χ3n) is 1.18. The van der Waals surface area contributed by atoms with E-state index in [-0.39, 0.29) is 11.9 Å². The van der Waals surface area contributed by atoms with Gasteiger partial charge in [-0.3, -0.25) is 4.79 Å². The van der Waals surface area contributed by atoms with E-state index >= 15 is 0 Å². The van der Waals surface area contributed by atoms with E-state index in [4.69, 9.17) is 6.42 Å². The Balaban J connectivity index is 2.41. The SMILES string of the molecule is C#CC(=O)NC1C=CC=C1. The lowest BCUT2D eigenvalue weighted by molar-refractivity contribution is -0.115. The molecule has 2 nitrogen and oxygen atoms in total. The van der Waals surface area contributed by atoms with Gasteiger partial charge in [0.15, 0.2) is 0 Å². The Labute approximate surface area is 59.6 Å². The highest BCUT2D eigenvalue weighted by Gasteiger charge is 2.04. The van der Waals surface area contributed by atoms with Gasteiger partial charge < -0.3 is 5.32 Å². The minimum atomic E-state index is -0.374. The van der Waals surface area contributed by atoms with Crippen molar-refractivity contribution < 1.29 is 4.79 Å². The van der Waals surface area contributed by atoms with Crippen molar-refractivity contribution in [2.24, 2.45) is 0 Å². The average Bonchev–Trinajstić information content (AvgIpc) is 2.40. The molecule has 1 aliphatic carbocycles. The van der Waals surface area contributed by atoms with Crippen LogP contribution >= 0.6 is 0 Å². The summed E-state index contributed by atoms with van der Waals surface area (Å²) in [6.07, 6.45) is 12.3. The first-order chi connectivity index (χ1) is 4.83. The Morgan fingerprint density at radius 2 is 2.10 bits per heavy atom. The lowest BCUT2D eigenvalue weighted by Crippen LogP contribution is -2.29. The summed E-state index contributed by atoms with van der Waals surface area (Å²) in [5.74, 6) is 1.60. The highest BCUT2D eigenvalue weighted by Crippen LogP contribution is 1.97. The maximum absolute atomic E-state index is 10.6. The summed E-state index contributed by atoms with van der Waals surface area (Å²) in [6, 6.07) is -0.0106. The predicted molar refractivity (Wildman–Crippen MR) is 39.0 cm³/mol. The molecule has 2 heteroatoms. The molecule has 0 aromatic carbocycles. The van der Waals surface area contributed by atoms with E-state index in [1.807, 2.05) is 30.2 Å². The second kappa shape index (κ2) is 2.88. The van der Waals surface area contributed by atoms with Gasteiger partial charge in [0, 0.05) is 0 Å². The molecule has 0 saturated carbocycles. The van der Waals surface area contributed by atoms with Crippen molar-refractivity contribution in [2.45, 2.75) is 6.04 Å². The normalized spacial score (nSPS) is 15.1. The van der Waals surface area contributed by atoms with Crippen molar-refractivity contribution in [3.63, 3.8) is 0 Å². The topological polar surface area (TPSA) is 29.1 Å². The summed E-state index contributed by atoms with van der Waals surface area (Å²) in [4.78, 5) is 10.6. The molecule has 0 bridgehead atoms. The Morgan fingerprint density at radius 1 is 1.50 bits per heavy atom.